The Hall–Kier alpha value is -1.14. The molecule has 0 saturated heterocycles. The Balaban J connectivity index is 6.01. The van der Waals surface area contributed by atoms with E-state index in [0.717, 1.165) is 0 Å². The number of alkyl halides is 9. The smallest absolute Gasteiger partial charge is 0.254 e. The molecule has 0 aromatic rings. The number of nitrogens with zero attached hydrogens (tertiary/aromatic N) is 1. The molecule has 0 heterocycles. The molecular weight excluding hydrogens is 299 g/mol. The molecule has 0 N–H and O–H groups in total. The summed E-state index contributed by atoms with van der Waals surface area (Å²) in [7, 11) is 0. The second-order valence-corrected chi connectivity index (χ2v) is 2.72. The van der Waals surface area contributed by atoms with Gasteiger partial charge in [0.2, 0.25) is 0 Å². The minimum absolute atomic E-state index is 3.92. The van der Waals surface area contributed by atoms with Crippen LogP contribution >= 0.6 is 0 Å². The van der Waals surface area contributed by atoms with Crippen LogP contribution in [-0.4, -0.2) is 35.4 Å². The average Bonchev–Trinajstić information content (AvgIpc) is 2.11. The van der Waals surface area contributed by atoms with Gasteiger partial charge in [0.05, 0.1) is 0 Å². The van der Waals surface area contributed by atoms with E-state index in [1.165, 1.54) is 0 Å². The molecule has 0 aliphatic carbocycles. The van der Waals surface area contributed by atoms with Gasteiger partial charge in [0.1, 0.15) is 0 Å². The highest BCUT2D eigenvalue weighted by Crippen LogP contribution is 2.51. The summed E-state index contributed by atoms with van der Waals surface area (Å²) >= 11 is 0. The van der Waals surface area contributed by atoms with Crippen LogP contribution in [0.4, 0.5) is 48.4 Å². The van der Waals surface area contributed by atoms with E-state index in [9.17, 15) is 53.2 Å². The van der Waals surface area contributed by atoms with E-state index in [-0.39, 0.29) is 0 Å². The van der Waals surface area contributed by atoms with Gasteiger partial charge in [0.15, 0.2) is 0 Å². The van der Waals surface area contributed by atoms with Crippen molar-refractivity contribution in [3.8, 4) is 0 Å². The molecule has 0 fully saturated rings. The highest BCUT2D eigenvalue weighted by molar-refractivity contribution is 5.78. The third-order valence-corrected chi connectivity index (χ3v) is 1.53. The van der Waals surface area contributed by atoms with Crippen molar-refractivity contribution < 1.29 is 53.2 Å². The monoisotopic (exact) mass is 299 g/mol. The van der Waals surface area contributed by atoms with Crippen LogP contribution in [0.3, 0.4) is 0 Å². The van der Waals surface area contributed by atoms with Gasteiger partial charge in [-0.3, -0.25) is 4.79 Å². The maximum absolute atomic E-state index is 12.7. The van der Waals surface area contributed by atoms with Gasteiger partial charge in [-0.2, -0.15) is 39.5 Å². The Morgan fingerprint density at radius 2 is 1.17 bits per heavy atom. The number of rotatable bonds is 3. The van der Waals surface area contributed by atoms with Crippen molar-refractivity contribution in [3.63, 3.8) is 0 Å². The Bertz CT molecular complexity index is 331. The molecule has 13 heteroatoms. The molecule has 2 nitrogen and oxygen atoms in total. The fourth-order valence-corrected chi connectivity index (χ4v) is 0.718. The summed E-state index contributed by atoms with van der Waals surface area (Å²) in [6.07, 6.45) is -14.1. The predicted molar refractivity (Wildman–Crippen MR) is 30.0 cm³/mol. The number of hydrogen-bond donors (Lipinski definition) is 0. The summed E-state index contributed by atoms with van der Waals surface area (Å²) in [6.45, 7) is 0. The lowest BCUT2D eigenvalue weighted by Gasteiger charge is -2.35. The lowest BCUT2D eigenvalue weighted by Crippen LogP contribution is -2.68. The van der Waals surface area contributed by atoms with E-state index < -0.39 is 35.4 Å². The van der Waals surface area contributed by atoms with Gasteiger partial charge in [-0.05, 0) is 0 Å². The van der Waals surface area contributed by atoms with Gasteiger partial charge in [0.25, 0.3) is 0 Å². The van der Waals surface area contributed by atoms with Crippen molar-refractivity contribution in [3.05, 3.63) is 0 Å². The fourth-order valence-electron chi connectivity index (χ4n) is 0.718. The van der Waals surface area contributed by atoms with Crippen LogP contribution in [-0.2, 0) is 4.79 Å². The van der Waals surface area contributed by atoms with Crippen molar-refractivity contribution in [2.24, 2.45) is 0 Å². The lowest BCUT2D eigenvalue weighted by atomic mass is 10.1. The van der Waals surface area contributed by atoms with E-state index in [1.54, 1.807) is 0 Å². The van der Waals surface area contributed by atoms with Gasteiger partial charge >= 0.3 is 30.2 Å². The van der Waals surface area contributed by atoms with Gasteiger partial charge in [-0.15, -0.1) is 4.48 Å². The van der Waals surface area contributed by atoms with Gasteiger partial charge in [-0.25, -0.2) is 4.39 Å². The molecule has 0 aliphatic heterocycles. The third kappa shape index (κ3) is 2.35. The number of carbonyl (C=O) groups is 1. The highest BCUT2D eigenvalue weighted by atomic mass is 19.4. The number of hydrogen-bond acceptors (Lipinski definition) is 2. The van der Waals surface area contributed by atoms with Crippen LogP contribution in [0.15, 0.2) is 0 Å². The molecule has 18 heavy (non-hydrogen) atoms. The van der Waals surface area contributed by atoms with Crippen LogP contribution in [0.2, 0.25) is 0 Å². The molecule has 0 rings (SSSR count). The number of carbonyl (C=O) groups excluding carboxylic acids is 1. The van der Waals surface area contributed by atoms with Crippen LogP contribution in [0.1, 0.15) is 0 Å². The molecule has 0 radical (unpaired) electrons. The van der Waals surface area contributed by atoms with Gasteiger partial charge < -0.3 is 0 Å². The Morgan fingerprint density at radius 3 is 1.33 bits per heavy atom. The normalized spacial score (nSPS) is 17.8. The lowest BCUT2D eigenvalue weighted by molar-refractivity contribution is -0.455. The molecule has 0 amide bonds. The van der Waals surface area contributed by atoms with Crippen LogP contribution in [0, 0.1) is 0 Å². The van der Waals surface area contributed by atoms with Crippen LogP contribution in [0.5, 0.6) is 0 Å². The van der Waals surface area contributed by atoms with E-state index in [0.29, 0.717) is 0 Å². The zero-order valence-corrected chi connectivity index (χ0v) is 7.51. The molecule has 0 aliphatic rings. The second-order valence-electron chi connectivity index (χ2n) is 2.72. The molecule has 0 aromatic heterocycles. The molecule has 0 bridgehead atoms. The zero-order chi connectivity index (χ0) is 15.2. The standard InChI is InChI=1S/C5F11NO/c6-1(18)2(7,8)3(9,4(10,11)12)17(16)5(13,14)15. The topological polar surface area (TPSA) is 20.3 Å². The fraction of sp³-hybridized carbons (Fsp3) is 0.800. The zero-order valence-electron chi connectivity index (χ0n) is 7.51. The maximum atomic E-state index is 12.7. The first-order chi connectivity index (χ1) is 7.60. The van der Waals surface area contributed by atoms with Crippen molar-refractivity contribution >= 4 is 6.04 Å². The van der Waals surface area contributed by atoms with Crippen molar-refractivity contribution in [1.29, 1.82) is 0 Å². The SMILES string of the molecule is O=C(F)C(F)(F)C(F)(N(F)C(F)(F)F)C(F)(F)F. The van der Waals surface area contributed by atoms with Crippen LogP contribution in [0.25, 0.3) is 0 Å². The second kappa shape index (κ2) is 4.20. The van der Waals surface area contributed by atoms with E-state index in [2.05, 4.69) is 0 Å². The highest BCUT2D eigenvalue weighted by Gasteiger charge is 2.83. The Kier molecular flexibility index (Phi) is 3.94. The first-order valence-electron chi connectivity index (χ1n) is 3.46. The van der Waals surface area contributed by atoms with Gasteiger partial charge in [-0.1, -0.05) is 0 Å². The molecular formula is C5F11NO. The molecule has 0 saturated carbocycles. The Labute approximate surface area is 89.9 Å². The summed E-state index contributed by atoms with van der Waals surface area (Å²) in [5.74, 6) is -14.2. The predicted octanol–water partition coefficient (Wildman–Crippen LogP) is 3.05. The molecule has 0 aromatic carbocycles. The van der Waals surface area contributed by atoms with Crippen molar-refractivity contribution in [1.82, 2.24) is 5.12 Å². The van der Waals surface area contributed by atoms with E-state index >= 15 is 0 Å². The first-order valence-corrected chi connectivity index (χ1v) is 3.46. The Morgan fingerprint density at radius 1 is 0.833 bits per heavy atom. The number of halogens is 11. The minimum atomic E-state index is -7.25. The van der Waals surface area contributed by atoms with E-state index in [1.807, 2.05) is 0 Å². The first kappa shape index (κ1) is 16.9. The van der Waals surface area contributed by atoms with Crippen LogP contribution < -0.4 is 0 Å². The van der Waals surface area contributed by atoms with Gasteiger partial charge in [0, 0.05) is 5.12 Å². The molecule has 1 atom stereocenters. The van der Waals surface area contributed by atoms with Crippen molar-refractivity contribution in [2.45, 2.75) is 24.2 Å². The quantitative estimate of drug-likeness (QED) is 0.345. The summed E-state index contributed by atoms with van der Waals surface area (Å²) in [4.78, 5) is 9.47. The third-order valence-electron chi connectivity index (χ3n) is 1.53. The average molecular weight is 299 g/mol. The summed E-state index contributed by atoms with van der Waals surface area (Å²) in [5.41, 5.74) is 0. The van der Waals surface area contributed by atoms with Crippen molar-refractivity contribution in [2.75, 3.05) is 0 Å². The molecule has 108 valence electrons. The molecule has 1 unspecified atom stereocenters. The molecule has 0 spiro atoms. The maximum Gasteiger partial charge on any atom is 0.490 e. The summed E-state index contributed by atoms with van der Waals surface area (Å²) in [5, 5.41) is -3.92. The van der Waals surface area contributed by atoms with E-state index in [4.69, 9.17) is 0 Å². The summed E-state index contributed by atoms with van der Waals surface area (Å²) < 4.78 is 131. The summed E-state index contributed by atoms with van der Waals surface area (Å²) in [6, 6.07) is -4.42. The largest absolute Gasteiger partial charge is 0.490 e. The minimum Gasteiger partial charge on any atom is -0.254 e.